The molecule has 2 amide bonds. The molecule has 0 aliphatic carbocycles. The molecule has 206 valence electrons. The van der Waals surface area contributed by atoms with Crippen LogP contribution in [0.15, 0.2) is 40.3 Å². The Hall–Kier alpha value is -3.94. The predicted molar refractivity (Wildman–Crippen MR) is 144 cm³/mol. The summed E-state index contributed by atoms with van der Waals surface area (Å²) in [5.41, 5.74) is 6.19. The number of imidazole rings is 1. The van der Waals surface area contributed by atoms with Crippen molar-refractivity contribution in [2.75, 3.05) is 45.3 Å². The van der Waals surface area contributed by atoms with E-state index in [4.69, 9.17) is 15.3 Å². The standard InChI is InChI=1S/C24H34N8O5S/c1-5-12-30(4)24(35)37-14-13-29(3)22(33)32-18-19(25)27-21(38(26,36)15-6-2)28-20(18)31(23(32)34)16-17-10-8-7-9-11-17/h7-11,26H,5-6,12-16H2,1-4H3,(H2,25,27,28). The Labute approximate surface area is 221 Å². The highest BCUT2D eigenvalue weighted by molar-refractivity contribution is 7.92. The van der Waals surface area contributed by atoms with E-state index in [1.54, 1.807) is 14.0 Å². The smallest absolute Gasteiger partial charge is 0.409 e. The summed E-state index contributed by atoms with van der Waals surface area (Å²) in [6.45, 7) is 4.25. The summed E-state index contributed by atoms with van der Waals surface area (Å²) < 4.78 is 28.5. The molecule has 0 aliphatic heterocycles. The molecule has 2 aromatic heterocycles. The number of anilines is 1. The minimum Gasteiger partial charge on any atom is -0.448 e. The van der Waals surface area contributed by atoms with E-state index < -0.39 is 27.5 Å². The van der Waals surface area contributed by atoms with Gasteiger partial charge in [0.05, 0.1) is 13.1 Å². The Bertz CT molecular complexity index is 1470. The zero-order chi connectivity index (χ0) is 28.0. The van der Waals surface area contributed by atoms with Crippen LogP contribution in [-0.4, -0.2) is 84.8 Å². The highest BCUT2D eigenvalue weighted by Gasteiger charge is 2.27. The number of rotatable bonds is 10. The van der Waals surface area contributed by atoms with E-state index in [0.717, 1.165) is 16.6 Å². The number of ether oxygens (including phenoxy) is 1. The fourth-order valence-electron chi connectivity index (χ4n) is 3.83. The van der Waals surface area contributed by atoms with Gasteiger partial charge in [0, 0.05) is 26.4 Å². The predicted octanol–water partition coefficient (Wildman–Crippen LogP) is 2.42. The van der Waals surface area contributed by atoms with Gasteiger partial charge < -0.3 is 20.3 Å². The van der Waals surface area contributed by atoms with Gasteiger partial charge in [-0.2, -0.15) is 4.98 Å². The normalized spacial score (nSPS) is 12.7. The van der Waals surface area contributed by atoms with Gasteiger partial charge in [-0.1, -0.05) is 44.2 Å². The molecule has 3 rings (SSSR count). The lowest BCUT2D eigenvalue weighted by atomic mass is 10.2. The van der Waals surface area contributed by atoms with Crippen molar-refractivity contribution in [3.8, 4) is 0 Å². The molecule has 0 bridgehead atoms. The minimum atomic E-state index is -3.36. The fourth-order valence-corrected chi connectivity index (χ4v) is 5.07. The molecular weight excluding hydrogens is 512 g/mol. The molecule has 0 spiro atoms. The minimum absolute atomic E-state index is 0.00630. The Balaban J connectivity index is 2.03. The molecule has 1 atom stereocenters. The summed E-state index contributed by atoms with van der Waals surface area (Å²) >= 11 is 0. The molecule has 0 saturated carbocycles. The Morgan fingerprint density at radius 2 is 1.76 bits per heavy atom. The molecule has 3 N–H and O–H groups in total. The van der Waals surface area contributed by atoms with Crippen LogP contribution in [0, 0.1) is 4.78 Å². The molecule has 13 nitrogen and oxygen atoms in total. The van der Waals surface area contributed by atoms with Crippen molar-refractivity contribution in [1.29, 1.82) is 4.78 Å². The number of nitrogens with one attached hydrogen (secondary N) is 1. The van der Waals surface area contributed by atoms with Crippen molar-refractivity contribution in [3.63, 3.8) is 0 Å². The fraction of sp³-hybridized carbons (Fsp3) is 0.458. The van der Waals surface area contributed by atoms with Crippen molar-refractivity contribution in [3.05, 3.63) is 46.4 Å². The maximum atomic E-state index is 13.6. The van der Waals surface area contributed by atoms with Crippen LogP contribution in [0.1, 0.15) is 32.3 Å². The zero-order valence-corrected chi connectivity index (χ0v) is 22.9. The topological polar surface area (TPSA) is 170 Å². The first-order valence-corrected chi connectivity index (χ1v) is 14.0. The lowest BCUT2D eigenvalue weighted by molar-refractivity contribution is 0.103. The summed E-state index contributed by atoms with van der Waals surface area (Å²) in [5, 5.41) is -0.285. The van der Waals surface area contributed by atoms with Gasteiger partial charge in [-0.05, 0) is 18.4 Å². The van der Waals surface area contributed by atoms with E-state index in [1.165, 1.54) is 21.4 Å². The third-order valence-corrected chi connectivity index (χ3v) is 7.54. The molecular formula is C24H34N8O5S. The summed E-state index contributed by atoms with van der Waals surface area (Å²) in [6.07, 6.45) is 0.725. The van der Waals surface area contributed by atoms with Crippen LogP contribution in [0.2, 0.25) is 0 Å². The lowest BCUT2D eigenvalue weighted by Gasteiger charge is -2.19. The van der Waals surface area contributed by atoms with E-state index in [9.17, 15) is 18.6 Å². The molecule has 0 saturated heterocycles. The quantitative estimate of drug-likeness (QED) is 0.365. The molecule has 2 heterocycles. The first kappa shape index (κ1) is 28.6. The molecule has 0 fully saturated rings. The first-order chi connectivity index (χ1) is 18.0. The highest BCUT2D eigenvalue weighted by Crippen LogP contribution is 2.22. The molecule has 14 heteroatoms. The maximum absolute atomic E-state index is 13.6. The van der Waals surface area contributed by atoms with Crippen molar-refractivity contribution in [2.24, 2.45) is 0 Å². The first-order valence-electron chi connectivity index (χ1n) is 12.2. The number of aromatic nitrogens is 4. The van der Waals surface area contributed by atoms with Crippen LogP contribution in [0.25, 0.3) is 11.2 Å². The number of nitrogen functional groups attached to an aromatic ring is 1. The van der Waals surface area contributed by atoms with E-state index in [0.29, 0.717) is 13.0 Å². The number of carbonyl (C=O) groups is 2. The maximum Gasteiger partial charge on any atom is 0.409 e. The number of hydrogen-bond acceptors (Lipinski definition) is 9. The van der Waals surface area contributed by atoms with Crippen LogP contribution in [0.5, 0.6) is 0 Å². The molecule has 38 heavy (non-hydrogen) atoms. The van der Waals surface area contributed by atoms with Gasteiger partial charge in [-0.25, -0.2) is 32.9 Å². The lowest BCUT2D eigenvalue weighted by Crippen LogP contribution is -2.40. The van der Waals surface area contributed by atoms with Crippen LogP contribution in [0.3, 0.4) is 0 Å². The van der Waals surface area contributed by atoms with Crippen LogP contribution < -0.4 is 11.4 Å². The number of nitrogens with two attached hydrogens (primary N) is 1. The van der Waals surface area contributed by atoms with E-state index >= 15 is 0 Å². The average Bonchev–Trinajstić information content (AvgIpc) is 3.15. The third-order valence-electron chi connectivity index (χ3n) is 5.78. The number of carbonyl (C=O) groups excluding carboxylic acids is 2. The van der Waals surface area contributed by atoms with Crippen molar-refractivity contribution < 1.29 is 18.5 Å². The zero-order valence-electron chi connectivity index (χ0n) is 22.0. The van der Waals surface area contributed by atoms with E-state index in [2.05, 4.69) is 9.97 Å². The second-order valence-corrected chi connectivity index (χ2v) is 11.0. The Kier molecular flexibility index (Phi) is 9.09. The summed E-state index contributed by atoms with van der Waals surface area (Å²) in [4.78, 5) is 50.0. The average molecular weight is 547 g/mol. The van der Waals surface area contributed by atoms with Gasteiger partial charge >= 0.3 is 17.8 Å². The Morgan fingerprint density at radius 1 is 1.08 bits per heavy atom. The number of nitrogens with zero attached hydrogens (tertiary/aromatic N) is 6. The number of hydrogen-bond donors (Lipinski definition) is 2. The van der Waals surface area contributed by atoms with Gasteiger partial charge in [0.2, 0.25) is 5.16 Å². The van der Waals surface area contributed by atoms with Gasteiger partial charge in [0.1, 0.15) is 21.9 Å². The molecule has 3 aromatic rings. The number of fused-ring (bicyclic) bond motifs is 1. The van der Waals surface area contributed by atoms with Gasteiger partial charge in [-0.3, -0.25) is 4.57 Å². The van der Waals surface area contributed by atoms with Gasteiger partial charge in [0.15, 0.2) is 11.5 Å². The van der Waals surface area contributed by atoms with Crippen LogP contribution >= 0.6 is 0 Å². The van der Waals surface area contributed by atoms with Gasteiger partial charge in [0.25, 0.3) is 0 Å². The largest absolute Gasteiger partial charge is 0.448 e. The molecule has 0 radical (unpaired) electrons. The van der Waals surface area contributed by atoms with Gasteiger partial charge in [-0.15, -0.1) is 0 Å². The Morgan fingerprint density at radius 3 is 2.39 bits per heavy atom. The van der Waals surface area contributed by atoms with Crippen LogP contribution in [0.4, 0.5) is 15.4 Å². The number of amides is 2. The molecule has 1 aromatic carbocycles. The van der Waals surface area contributed by atoms with Crippen molar-refractivity contribution in [1.82, 2.24) is 28.9 Å². The summed E-state index contributed by atoms with van der Waals surface area (Å²) in [6, 6.07) is 8.34. The van der Waals surface area contributed by atoms with Crippen molar-refractivity contribution >= 4 is 38.8 Å². The summed E-state index contributed by atoms with van der Waals surface area (Å²) in [7, 11) is -0.280. The van der Waals surface area contributed by atoms with Crippen molar-refractivity contribution in [2.45, 2.75) is 38.4 Å². The number of benzene rings is 1. The SMILES string of the molecule is CCCN(C)C(=O)OCCN(C)C(=O)n1c(=O)n(Cc2ccccc2)c2nc(S(=N)(=O)CCC)nc(N)c21. The van der Waals surface area contributed by atoms with E-state index in [1.807, 2.05) is 37.3 Å². The second kappa shape index (κ2) is 12.1. The molecule has 0 aliphatic rings. The third kappa shape index (κ3) is 6.13. The summed E-state index contributed by atoms with van der Waals surface area (Å²) in [5.74, 6) is -0.213. The highest BCUT2D eigenvalue weighted by atomic mass is 32.2. The number of likely N-dealkylation sites (N-methyl/N-ethyl adjacent to an activating group) is 1. The second-order valence-electron chi connectivity index (χ2n) is 8.87. The van der Waals surface area contributed by atoms with Crippen LogP contribution in [-0.2, 0) is 21.0 Å². The monoisotopic (exact) mass is 546 g/mol. The molecule has 1 unspecified atom stereocenters. The van der Waals surface area contributed by atoms with E-state index in [-0.39, 0.29) is 47.6 Å².